The molecule has 0 spiro atoms. The highest BCUT2D eigenvalue weighted by atomic mass is 16.5. The summed E-state index contributed by atoms with van der Waals surface area (Å²) in [5.41, 5.74) is 6.77. The second-order valence-electron chi connectivity index (χ2n) is 5.72. The van der Waals surface area contributed by atoms with Gasteiger partial charge in [-0.25, -0.2) is 4.79 Å². The fourth-order valence-electron chi connectivity index (χ4n) is 2.57. The summed E-state index contributed by atoms with van der Waals surface area (Å²) >= 11 is 0. The van der Waals surface area contributed by atoms with E-state index < -0.39 is 12.0 Å². The summed E-state index contributed by atoms with van der Waals surface area (Å²) in [5, 5.41) is 29.2. The number of nitrogen functional groups attached to an aromatic ring is 1. The SMILES string of the molecule is COc1cc(OCCO)c(C(Nc2ccc(C(=N)N)cc2)C(=O)O)cc1OC. The van der Waals surface area contributed by atoms with E-state index in [9.17, 15) is 9.90 Å². The molecule has 0 saturated heterocycles. The molecular weight excluding hydrogens is 366 g/mol. The molecule has 0 aliphatic carbocycles. The molecule has 0 heterocycles. The molecular formula is C19H23N3O6. The Balaban J connectivity index is 2.45. The Morgan fingerprint density at radius 1 is 1.14 bits per heavy atom. The summed E-state index contributed by atoms with van der Waals surface area (Å²) in [5.74, 6) is -0.271. The zero-order valence-electron chi connectivity index (χ0n) is 15.6. The van der Waals surface area contributed by atoms with Crippen LogP contribution in [0.3, 0.4) is 0 Å². The minimum absolute atomic E-state index is 0.0118. The lowest BCUT2D eigenvalue weighted by atomic mass is 10.0. The van der Waals surface area contributed by atoms with Crippen molar-refractivity contribution < 1.29 is 29.2 Å². The van der Waals surface area contributed by atoms with Gasteiger partial charge in [-0.05, 0) is 30.3 Å². The van der Waals surface area contributed by atoms with Gasteiger partial charge in [0.1, 0.15) is 18.2 Å². The molecule has 2 aromatic carbocycles. The second-order valence-corrected chi connectivity index (χ2v) is 5.72. The van der Waals surface area contributed by atoms with Crippen LogP contribution >= 0.6 is 0 Å². The number of carbonyl (C=O) groups is 1. The first-order chi connectivity index (χ1) is 13.4. The van der Waals surface area contributed by atoms with Gasteiger partial charge in [0.2, 0.25) is 0 Å². The van der Waals surface area contributed by atoms with Gasteiger partial charge < -0.3 is 35.5 Å². The number of hydrogen-bond donors (Lipinski definition) is 5. The van der Waals surface area contributed by atoms with E-state index in [1.54, 1.807) is 24.3 Å². The van der Waals surface area contributed by atoms with Gasteiger partial charge in [0.05, 0.1) is 20.8 Å². The van der Waals surface area contributed by atoms with Crippen LogP contribution < -0.4 is 25.3 Å². The Bertz CT molecular complexity index is 838. The van der Waals surface area contributed by atoms with E-state index >= 15 is 0 Å². The number of carboxylic acid groups (broad SMARTS) is 1. The molecule has 0 fully saturated rings. The van der Waals surface area contributed by atoms with Crippen molar-refractivity contribution >= 4 is 17.5 Å². The normalized spacial score (nSPS) is 11.4. The van der Waals surface area contributed by atoms with Crippen molar-refractivity contribution in [2.45, 2.75) is 6.04 Å². The summed E-state index contributed by atoms with van der Waals surface area (Å²) in [4.78, 5) is 12.0. The number of aliphatic hydroxyl groups is 1. The molecule has 150 valence electrons. The van der Waals surface area contributed by atoms with Crippen molar-refractivity contribution in [2.24, 2.45) is 5.73 Å². The topological polar surface area (TPSA) is 147 Å². The number of anilines is 1. The summed E-state index contributed by atoms with van der Waals surface area (Å²) in [7, 11) is 2.90. The van der Waals surface area contributed by atoms with Crippen LogP contribution in [0, 0.1) is 5.41 Å². The first kappa shape index (κ1) is 20.8. The molecule has 9 heteroatoms. The van der Waals surface area contributed by atoms with E-state index in [2.05, 4.69) is 5.32 Å². The molecule has 0 radical (unpaired) electrons. The minimum Gasteiger partial charge on any atom is -0.493 e. The molecule has 2 aromatic rings. The van der Waals surface area contributed by atoms with Gasteiger partial charge >= 0.3 is 5.97 Å². The van der Waals surface area contributed by atoms with Gasteiger partial charge in [-0.1, -0.05) is 0 Å². The maximum Gasteiger partial charge on any atom is 0.330 e. The number of methoxy groups -OCH3 is 2. The van der Waals surface area contributed by atoms with E-state index in [0.717, 1.165) is 0 Å². The lowest BCUT2D eigenvalue weighted by Gasteiger charge is -2.21. The van der Waals surface area contributed by atoms with E-state index in [1.807, 2.05) is 0 Å². The number of amidine groups is 1. The van der Waals surface area contributed by atoms with E-state index in [0.29, 0.717) is 28.3 Å². The third kappa shape index (κ3) is 4.83. The Morgan fingerprint density at radius 3 is 2.25 bits per heavy atom. The number of carboxylic acids is 1. The van der Waals surface area contributed by atoms with E-state index in [1.165, 1.54) is 26.4 Å². The Labute approximate surface area is 162 Å². The molecule has 0 saturated carbocycles. The molecule has 2 rings (SSSR count). The summed E-state index contributed by atoms with van der Waals surface area (Å²) in [6.45, 7) is -0.242. The fourth-order valence-corrected chi connectivity index (χ4v) is 2.57. The van der Waals surface area contributed by atoms with Crippen molar-refractivity contribution in [2.75, 3.05) is 32.8 Å². The number of benzene rings is 2. The highest BCUT2D eigenvalue weighted by Gasteiger charge is 2.26. The van der Waals surface area contributed by atoms with Crippen molar-refractivity contribution in [1.82, 2.24) is 0 Å². The van der Waals surface area contributed by atoms with Gasteiger partial charge in [-0.15, -0.1) is 0 Å². The van der Waals surface area contributed by atoms with E-state index in [-0.39, 0.29) is 24.8 Å². The number of nitrogens with one attached hydrogen (secondary N) is 2. The molecule has 0 aliphatic heterocycles. The Kier molecular flexibility index (Phi) is 7.05. The number of ether oxygens (including phenoxy) is 3. The molecule has 0 amide bonds. The van der Waals surface area contributed by atoms with Crippen molar-refractivity contribution in [3.63, 3.8) is 0 Å². The minimum atomic E-state index is -1.17. The predicted octanol–water partition coefficient (Wildman–Crippen LogP) is 1.60. The monoisotopic (exact) mass is 389 g/mol. The third-order valence-electron chi connectivity index (χ3n) is 3.93. The molecule has 28 heavy (non-hydrogen) atoms. The van der Waals surface area contributed by atoms with Crippen molar-refractivity contribution in [3.05, 3.63) is 47.5 Å². The molecule has 0 bridgehead atoms. The van der Waals surface area contributed by atoms with Crippen LogP contribution in [0.1, 0.15) is 17.2 Å². The van der Waals surface area contributed by atoms with Crippen LogP contribution in [-0.2, 0) is 4.79 Å². The van der Waals surface area contributed by atoms with Gasteiger partial charge in [-0.2, -0.15) is 0 Å². The Hall–Kier alpha value is -3.46. The van der Waals surface area contributed by atoms with Crippen LogP contribution in [0.15, 0.2) is 36.4 Å². The van der Waals surface area contributed by atoms with Crippen LogP contribution in [0.2, 0.25) is 0 Å². The zero-order valence-corrected chi connectivity index (χ0v) is 15.6. The number of hydrogen-bond acceptors (Lipinski definition) is 7. The first-order valence-electron chi connectivity index (χ1n) is 8.34. The molecule has 6 N–H and O–H groups in total. The van der Waals surface area contributed by atoms with Crippen LogP contribution in [0.5, 0.6) is 17.2 Å². The number of nitrogens with two attached hydrogens (primary N) is 1. The molecule has 1 unspecified atom stereocenters. The lowest BCUT2D eigenvalue weighted by molar-refractivity contribution is -0.138. The first-order valence-corrected chi connectivity index (χ1v) is 8.34. The lowest BCUT2D eigenvalue weighted by Crippen LogP contribution is -2.22. The van der Waals surface area contributed by atoms with Gasteiger partial charge in [0.25, 0.3) is 0 Å². The predicted molar refractivity (Wildman–Crippen MR) is 104 cm³/mol. The van der Waals surface area contributed by atoms with E-state index in [4.69, 9.17) is 30.5 Å². The summed E-state index contributed by atoms with van der Waals surface area (Å²) < 4.78 is 16.0. The number of rotatable bonds is 10. The molecule has 9 nitrogen and oxygen atoms in total. The molecule has 0 aromatic heterocycles. The summed E-state index contributed by atoms with van der Waals surface area (Å²) in [6, 6.07) is 8.34. The maximum absolute atomic E-state index is 12.0. The largest absolute Gasteiger partial charge is 0.493 e. The molecule has 1 atom stereocenters. The smallest absolute Gasteiger partial charge is 0.330 e. The van der Waals surface area contributed by atoms with Gasteiger partial charge in [0, 0.05) is 22.9 Å². The highest BCUT2D eigenvalue weighted by Crippen LogP contribution is 2.38. The fraction of sp³-hybridized carbons (Fsp3) is 0.263. The van der Waals surface area contributed by atoms with Crippen molar-refractivity contribution in [1.29, 1.82) is 5.41 Å². The zero-order chi connectivity index (χ0) is 20.7. The molecule has 0 aliphatic rings. The average Bonchev–Trinajstić information content (AvgIpc) is 2.70. The van der Waals surface area contributed by atoms with Gasteiger partial charge in [-0.3, -0.25) is 5.41 Å². The van der Waals surface area contributed by atoms with Crippen LogP contribution in [0.4, 0.5) is 5.69 Å². The number of aliphatic carboxylic acids is 1. The maximum atomic E-state index is 12.0. The number of aliphatic hydroxyl groups excluding tert-OH is 1. The quantitative estimate of drug-likeness (QED) is 0.304. The van der Waals surface area contributed by atoms with Crippen LogP contribution in [0.25, 0.3) is 0 Å². The average molecular weight is 389 g/mol. The third-order valence-corrected chi connectivity index (χ3v) is 3.93. The van der Waals surface area contributed by atoms with Gasteiger partial charge in [0.15, 0.2) is 17.5 Å². The summed E-state index contributed by atoms with van der Waals surface area (Å²) in [6.07, 6.45) is 0. The van der Waals surface area contributed by atoms with Crippen molar-refractivity contribution in [3.8, 4) is 17.2 Å². The highest BCUT2D eigenvalue weighted by molar-refractivity contribution is 5.95. The second kappa shape index (κ2) is 9.47. The standard InChI is InChI=1S/C19H23N3O6/c1-26-15-9-13(14(28-8-7-23)10-16(15)27-2)17(19(24)25)22-12-5-3-11(4-6-12)18(20)21/h3-6,9-10,17,22-23H,7-8H2,1-2H3,(H3,20,21)(H,24,25). The Morgan fingerprint density at radius 2 is 1.75 bits per heavy atom. The van der Waals surface area contributed by atoms with Crippen LogP contribution in [-0.4, -0.2) is 49.5 Å².